The number of rotatable bonds is 4. The number of nitrogens with zero attached hydrogens (tertiary/aromatic N) is 4. The predicted molar refractivity (Wildman–Crippen MR) is 132 cm³/mol. The Kier molecular flexibility index (Phi) is 5.97. The maximum absolute atomic E-state index is 12.3. The summed E-state index contributed by atoms with van der Waals surface area (Å²) >= 11 is 0. The molecule has 3 aliphatic rings. The van der Waals surface area contributed by atoms with Gasteiger partial charge in [0.1, 0.15) is 11.2 Å². The average molecular weight is 476 g/mol. The van der Waals surface area contributed by atoms with Gasteiger partial charge in [0.25, 0.3) is 0 Å². The second kappa shape index (κ2) is 8.84. The Balaban J connectivity index is 0.00000124. The number of imide groups is 1. The molecule has 184 valence electrons. The van der Waals surface area contributed by atoms with E-state index in [2.05, 4.69) is 45.4 Å². The third-order valence-corrected chi connectivity index (χ3v) is 7.64. The molecule has 3 aliphatic heterocycles. The minimum absolute atomic E-state index is 0.203. The Bertz CT molecular complexity index is 1290. The van der Waals surface area contributed by atoms with E-state index in [1.165, 1.54) is 11.3 Å². The first kappa shape index (κ1) is 23.6. The van der Waals surface area contributed by atoms with Gasteiger partial charge in [0.05, 0.1) is 17.1 Å². The van der Waals surface area contributed by atoms with Crippen LogP contribution in [0.25, 0.3) is 10.9 Å². The van der Waals surface area contributed by atoms with Crippen LogP contribution in [0.3, 0.4) is 0 Å². The molecule has 5 heterocycles. The van der Waals surface area contributed by atoms with E-state index in [1.807, 2.05) is 43.9 Å². The number of epoxide rings is 1. The minimum atomic E-state index is -0.334. The molecule has 8 nitrogen and oxygen atoms in total. The van der Waals surface area contributed by atoms with Crippen LogP contribution in [-0.4, -0.2) is 50.2 Å². The number of hydrogen-bond acceptors (Lipinski definition) is 6. The summed E-state index contributed by atoms with van der Waals surface area (Å²) in [5.74, 6) is -0.772. The van der Waals surface area contributed by atoms with Crippen molar-refractivity contribution in [3.05, 3.63) is 59.5 Å². The summed E-state index contributed by atoms with van der Waals surface area (Å²) in [6, 6.07) is 10.4. The lowest BCUT2D eigenvalue weighted by molar-refractivity contribution is -0.134. The zero-order valence-electron chi connectivity index (χ0n) is 20.9. The SMILES string of the molecule is CC.Cn1nccc1CN1CCC2(c3ccc4ncc(C5CCC(=O)NC5=O)cc4c3)OC2(C)C1. The molecule has 0 bridgehead atoms. The Morgan fingerprint density at radius 3 is 2.74 bits per heavy atom. The number of carbonyl (C=O) groups excluding carboxylic acids is 2. The number of ether oxygens (including phenoxy) is 1. The number of likely N-dealkylation sites (tertiary alicyclic amines) is 1. The summed E-state index contributed by atoms with van der Waals surface area (Å²) in [6.45, 7) is 8.88. The third-order valence-electron chi connectivity index (χ3n) is 7.64. The molecular weight excluding hydrogens is 442 g/mol. The van der Waals surface area contributed by atoms with Gasteiger partial charge >= 0.3 is 0 Å². The number of fused-ring (bicyclic) bond motifs is 2. The van der Waals surface area contributed by atoms with Gasteiger partial charge in [-0.1, -0.05) is 19.9 Å². The zero-order chi connectivity index (χ0) is 24.8. The highest BCUT2D eigenvalue weighted by atomic mass is 16.6. The molecule has 3 aromatic rings. The van der Waals surface area contributed by atoms with Gasteiger partial charge in [0, 0.05) is 50.9 Å². The molecule has 2 amide bonds. The lowest BCUT2D eigenvalue weighted by Crippen LogP contribution is -2.43. The van der Waals surface area contributed by atoms with E-state index < -0.39 is 0 Å². The third kappa shape index (κ3) is 4.04. The van der Waals surface area contributed by atoms with Crippen molar-refractivity contribution in [2.24, 2.45) is 7.05 Å². The number of benzene rings is 1. The second-order valence-corrected chi connectivity index (χ2v) is 9.75. The van der Waals surface area contributed by atoms with Crippen LogP contribution in [-0.2, 0) is 33.5 Å². The van der Waals surface area contributed by atoms with Crippen molar-refractivity contribution in [1.82, 2.24) is 25.0 Å². The number of aryl methyl sites for hydroxylation is 1. The Morgan fingerprint density at radius 2 is 2.03 bits per heavy atom. The zero-order valence-corrected chi connectivity index (χ0v) is 20.9. The van der Waals surface area contributed by atoms with E-state index in [9.17, 15) is 9.59 Å². The molecule has 3 saturated heterocycles. The molecule has 0 radical (unpaired) electrons. The maximum Gasteiger partial charge on any atom is 0.234 e. The van der Waals surface area contributed by atoms with Gasteiger partial charge in [-0.3, -0.25) is 29.5 Å². The molecule has 3 atom stereocenters. The van der Waals surface area contributed by atoms with Crippen LogP contribution in [0.4, 0.5) is 0 Å². The van der Waals surface area contributed by atoms with Gasteiger partial charge in [-0.05, 0) is 55.2 Å². The molecule has 35 heavy (non-hydrogen) atoms. The summed E-state index contributed by atoms with van der Waals surface area (Å²) in [5, 5.41) is 7.72. The van der Waals surface area contributed by atoms with Crippen LogP contribution in [0.1, 0.15) is 62.8 Å². The van der Waals surface area contributed by atoms with E-state index >= 15 is 0 Å². The van der Waals surface area contributed by atoms with E-state index in [0.29, 0.717) is 12.8 Å². The first-order valence-electron chi connectivity index (χ1n) is 12.5. The van der Waals surface area contributed by atoms with Crippen molar-refractivity contribution >= 4 is 22.7 Å². The van der Waals surface area contributed by atoms with Crippen molar-refractivity contribution in [3.63, 3.8) is 0 Å². The summed E-state index contributed by atoms with van der Waals surface area (Å²) in [7, 11) is 1.98. The van der Waals surface area contributed by atoms with Crippen molar-refractivity contribution in [3.8, 4) is 0 Å². The Morgan fingerprint density at radius 1 is 1.20 bits per heavy atom. The molecule has 0 saturated carbocycles. The Hall–Kier alpha value is -3.10. The number of aromatic nitrogens is 3. The predicted octanol–water partition coefficient (Wildman–Crippen LogP) is 3.40. The number of hydrogen-bond donors (Lipinski definition) is 1. The highest BCUT2D eigenvalue weighted by Gasteiger charge is 2.69. The van der Waals surface area contributed by atoms with Crippen molar-refractivity contribution in [2.75, 3.05) is 13.1 Å². The average Bonchev–Trinajstić information content (AvgIpc) is 3.31. The molecular formula is C27H33N5O3. The van der Waals surface area contributed by atoms with Gasteiger partial charge in [-0.2, -0.15) is 5.10 Å². The van der Waals surface area contributed by atoms with Crippen LogP contribution in [0.2, 0.25) is 0 Å². The molecule has 0 aliphatic carbocycles. The maximum atomic E-state index is 12.3. The van der Waals surface area contributed by atoms with Gasteiger partial charge in [-0.25, -0.2) is 0 Å². The van der Waals surface area contributed by atoms with Crippen LogP contribution in [0.15, 0.2) is 42.7 Å². The van der Waals surface area contributed by atoms with E-state index in [0.717, 1.165) is 42.5 Å². The van der Waals surface area contributed by atoms with Gasteiger partial charge in [0.15, 0.2) is 0 Å². The van der Waals surface area contributed by atoms with Crippen molar-refractivity contribution in [1.29, 1.82) is 0 Å². The fourth-order valence-corrected chi connectivity index (χ4v) is 5.69. The first-order valence-corrected chi connectivity index (χ1v) is 12.5. The molecule has 1 aromatic carbocycles. The number of piperidine rings is 2. The fourth-order valence-electron chi connectivity index (χ4n) is 5.69. The fraction of sp³-hybridized carbons (Fsp3) is 0.481. The molecule has 3 unspecified atom stereocenters. The first-order chi connectivity index (χ1) is 16.9. The summed E-state index contributed by atoms with van der Waals surface area (Å²) in [6.07, 6.45) is 5.40. The summed E-state index contributed by atoms with van der Waals surface area (Å²) in [4.78, 5) is 30.9. The monoisotopic (exact) mass is 475 g/mol. The van der Waals surface area contributed by atoms with Crippen LogP contribution >= 0.6 is 0 Å². The standard InChI is InChI=1S/C25H27N5O3.C2H6/c1-24-15-30(14-19-7-9-27-29(19)2)10-8-25(24,33-24)18-3-5-21-16(12-18)11-17(13-26-21)20-4-6-22(31)28-23(20)32;1-2/h3,5,7,9,11-13,20H,4,6,8,10,14-15H2,1-2H3,(H,28,31,32);1-2H3. The molecule has 1 N–H and O–H groups in total. The lowest BCUT2D eigenvalue weighted by Gasteiger charge is -2.32. The normalized spacial score (nSPS) is 28.2. The number of amides is 2. The molecule has 2 aromatic heterocycles. The van der Waals surface area contributed by atoms with Gasteiger partial charge in [-0.15, -0.1) is 0 Å². The van der Waals surface area contributed by atoms with Gasteiger partial charge < -0.3 is 4.74 Å². The summed E-state index contributed by atoms with van der Waals surface area (Å²) < 4.78 is 8.38. The molecule has 0 spiro atoms. The lowest BCUT2D eigenvalue weighted by atomic mass is 9.81. The van der Waals surface area contributed by atoms with E-state index in [4.69, 9.17) is 4.74 Å². The van der Waals surface area contributed by atoms with Crippen LogP contribution < -0.4 is 5.32 Å². The van der Waals surface area contributed by atoms with Crippen LogP contribution in [0.5, 0.6) is 0 Å². The quantitative estimate of drug-likeness (QED) is 0.459. The van der Waals surface area contributed by atoms with Gasteiger partial charge in [0.2, 0.25) is 11.8 Å². The van der Waals surface area contributed by atoms with Crippen molar-refractivity contribution in [2.45, 2.75) is 63.7 Å². The largest absolute Gasteiger partial charge is 0.356 e. The highest BCUT2D eigenvalue weighted by Crippen LogP contribution is 2.60. The van der Waals surface area contributed by atoms with Crippen molar-refractivity contribution < 1.29 is 14.3 Å². The Labute approximate surface area is 205 Å². The molecule has 3 fully saturated rings. The summed E-state index contributed by atoms with van der Waals surface area (Å²) in [5.41, 5.74) is 3.60. The number of pyridine rings is 1. The highest BCUT2D eigenvalue weighted by molar-refractivity contribution is 6.01. The minimum Gasteiger partial charge on any atom is -0.356 e. The smallest absolute Gasteiger partial charge is 0.234 e. The number of carbonyl (C=O) groups is 2. The van der Waals surface area contributed by atoms with Crippen LogP contribution in [0, 0.1) is 0 Å². The van der Waals surface area contributed by atoms with E-state index in [-0.39, 0.29) is 28.9 Å². The molecule has 8 heteroatoms. The molecule has 6 rings (SSSR count). The number of nitrogens with one attached hydrogen (secondary N) is 1. The second-order valence-electron chi connectivity index (χ2n) is 9.75. The topological polar surface area (TPSA) is 92.7 Å². The van der Waals surface area contributed by atoms with E-state index in [1.54, 1.807) is 6.20 Å².